The Hall–Kier alpha value is -3.19. The lowest BCUT2D eigenvalue weighted by Crippen LogP contribution is -2.57. The van der Waals surface area contributed by atoms with Gasteiger partial charge in [-0.25, -0.2) is 0 Å². The first-order chi connectivity index (χ1) is 17.2. The first kappa shape index (κ1) is 23.5. The monoisotopic (exact) mass is 472 g/mol. The highest BCUT2D eigenvalue weighted by atomic mass is 16.6. The molecule has 2 aliphatic rings. The van der Waals surface area contributed by atoms with Gasteiger partial charge in [-0.2, -0.15) is 0 Å². The Bertz CT molecular complexity index is 1080. The van der Waals surface area contributed by atoms with Gasteiger partial charge in [0.05, 0.1) is 24.9 Å². The smallest absolute Gasteiger partial charge is 0.238 e. The molecule has 2 aliphatic heterocycles. The number of ether oxygens (including phenoxy) is 3. The Morgan fingerprint density at radius 1 is 0.943 bits per heavy atom. The van der Waals surface area contributed by atoms with Gasteiger partial charge in [0.1, 0.15) is 11.5 Å². The number of nitrogens with one attached hydrogen (secondary N) is 1. The summed E-state index contributed by atoms with van der Waals surface area (Å²) in [5, 5.41) is 3.01. The van der Waals surface area contributed by atoms with Crippen LogP contribution < -0.4 is 10.1 Å². The molecule has 2 unspecified atom stereocenters. The Morgan fingerprint density at radius 3 is 2.37 bits per heavy atom. The number of benzene rings is 3. The molecule has 182 valence electrons. The molecule has 0 aliphatic carbocycles. The predicted molar refractivity (Wildman–Crippen MR) is 136 cm³/mol. The van der Waals surface area contributed by atoms with Crippen molar-refractivity contribution in [2.45, 2.75) is 37.6 Å². The van der Waals surface area contributed by atoms with Crippen LogP contribution in [0.5, 0.6) is 11.5 Å². The number of likely N-dealkylation sites (tertiary alicyclic amines) is 1. The first-order valence-corrected chi connectivity index (χ1v) is 12.3. The molecule has 3 aromatic rings. The second kappa shape index (κ2) is 11.0. The summed E-state index contributed by atoms with van der Waals surface area (Å²) >= 11 is 0. The van der Waals surface area contributed by atoms with E-state index in [0.717, 1.165) is 55.2 Å². The van der Waals surface area contributed by atoms with Gasteiger partial charge in [0, 0.05) is 25.4 Å². The molecule has 2 saturated heterocycles. The van der Waals surface area contributed by atoms with Gasteiger partial charge in [0.2, 0.25) is 5.91 Å². The van der Waals surface area contributed by atoms with Crippen LogP contribution in [0.1, 0.15) is 24.8 Å². The van der Waals surface area contributed by atoms with E-state index in [0.29, 0.717) is 19.7 Å². The average molecular weight is 473 g/mol. The topological polar surface area (TPSA) is 60.0 Å². The molecule has 0 bridgehead atoms. The van der Waals surface area contributed by atoms with Crippen molar-refractivity contribution >= 4 is 11.6 Å². The third kappa shape index (κ3) is 6.09. The minimum absolute atomic E-state index is 0.0353. The normalized spacial score (nSPS) is 22.2. The highest BCUT2D eigenvalue weighted by Crippen LogP contribution is 2.38. The maximum atomic E-state index is 12.8. The number of hydrogen-bond donors (Lipinski definition) is 1. The summed E-state index contributed by atoms with van der Waals surface area (Å²) in [6.45, 7) is 3.17. The van der Waals surface area contributed by atoms with Crippen LogP contribution in [0.3, 0.4) is 0 Å². The number of para-hydroxylation sites is 1. The molecule has 5 rings (SSSR count). The number of rotatable bonds is 8. The zero-order valence-corrected chi connectivity index (χ0v) is 19.9. The number of carbonyl (C=O) groups excluding carboxylic acids is 1. The summed E-state index contributed by atoms with van der Waals surface area (Å²) in [5.74, 6) is 1.47. The van der Waals surface area contributed by atoms with Crippen LogP contribution in [-0.2, 0) is 20.9 Å². The van der Waals surface area contributed by atoms with Crippen molar-refractivity contribution in [1.29, 1.82) is 0 Å². The van der Waals surface area contributed by atoms with Crippen LogP contribution in [-0.4, -0.2) is 48.8 Å². The first-order valence-electron chi connectivity index (χ1n) is 12.3. The van der Waals surface area contributed by atoms with Crippen molar-refractivity contribution in [3.05, 3.63) is 90.5 Å². The molecule has 0 aromatic heterocycles. The van der Waals surface area contributed by atoms with Crippen molar-refractivity contribution < 1.29 is 19.0 Å². The summed E-state index contributed by atoms with van der Waals surface area (Å²) in [7, 11) is 0. The molecule has 2 fully saturated rings. The molecule has 0 saturated carbocycles. The Balaban J connectivity index is 1.15. The van der Waals surface area contributed by atoms with E-state index in [4.69, 9.17) is 14.2 Å². The number of amides is 1. The molecular weight excluding hydrogens is 440 g/mol. The molecule has 1 spiro atoms. The SMILES string of the molecule is O=C(CN1CCC2(CCCO2)C(OCc2ccccc2)C1)Nc1ccc(Oc2ccccc2)cc1. The number of nitrogens with zero attached hydrogens (tertiary/aromatic N) is 1. The second-order valence-corrected chi connectivity index (χ2v) is 9.27. The van der Waals surface area contributed by atoms with E-state index in [2.05, 4.69) is 22.3 Å². The minimum atomic E-state index is -0.226. The summed E-state index contributed by atoms with van der Waals surface area (Å²) in [5.41, 5.74) is 1.67. The van der Waals surface area contributed by atoms with Crippen LogP contribution in [0.15, 0.2) is 84.9 Å². The van der Waals surface area contributed by atoms with Gasteiger partial charge >= 0.3 is 0 Å². The van der Waals surface area contributed by atoms with Gasteiger partial charge < -0.3 is 19.5 Å². The Morgan fingerprint density at radius 2 is 1.66 bits per heavy atom. The van der Waals surface area contributed by atoms with Gasteiger partial charge in [-0.05, 0) is 61.2 Å². The van der Waals surface area contributed by atoms with E-state index < -0.39 is 0 Å². The maximum absolute atomic E-state index is 12.8. The van der Waals surface area contributed by atoms with E-state index >= 15 is 0 Å². The third-order valence-corrected chi connectivity index (χ3v) is 6.77. The summed E-state index contributed by atoms with van der Waals surface area (Å²) in [6.07, 6.45) is 2.91. The van der Waals surface area contributed by atoms with Crippen molar-refractivity contribution in [1.82, 2.24) is 4.90 Å². The number of hydrogen-bond acceptors (Lipinski definition) is 5. The Kier molecular flexibility index (Phi) is 7.42. The molecular formula is C29H32N2O4. The average Bonchev–Trinajstić information content (AvgIpc) is 3.36. The molecule has 2 heterocycles. The highest BCUT2D eigenvalue weighted by molar-refractivity contribution is 5.92. The molecule has 3 aromatic carbocycles. The fourth-order valence-corrected chi connectivity index (χ4v) is 4.92. The molecule has 1 N–H and O–H groups in total. The van der Waals surface area contributed by atoms with E-state index in [1.165, 1.54) is 0 Å². The van der Waals surface area contributed by atoms with Gasteiger partial charge in [-0.1, -0.05) is 48.5 Å². The molecule has 0 radical (unpaired) electrons. The predicted octanol–water partition coefficient (Wildman–Crippen LogP) is 5.26. The van der Waals surface area contributed by atoms with Crippen LogP contribution in [0.2, 0.25) is 0 Å². The van der Waals surface area contributed by atoms with Crippen LogP contribution in [0.25, 0.3) is 0 Å². The molecule has 2 atom stereocenters. The lowest BCUT2D eigenvalue weighted by Gasteiger charge is -2.44. The van der Waals surface area contributed by atoms with Crippen molar-refractivity contribution in [3.8, 4) is 11.5 Å². The van der Waals surface area contributed by atoms with E-state index in [1.54, 1.807) is 0 Å². The van der Waals surface area contributed by atoms with E-state index in [1.807, 2.05) is 72.8 Å². The zero-order chi connectivity index (χ0) is 23.9. The van der Waals surface area contributed by atoms with E-state index in [9.17, 15) is 4.79 Å². The fourth-order valence-electron chi connectivity index (χ4n) is 4.92. The largest absolute Gasteiger partial charge is 0.457 e. The quantitative estimate of drug-likeness (QED) is 0.485. The fraction of sp³-hybridized carbons (Fsp3) is 0.345. The highest BCUT2D eigenvalue weighted by Gasteiger charge is 2.47. The number of piperidine rings is 1. The van der Waals surface area contributed by atoms with Crippen molar-refractivity contribution in [2.75, 3.05) is 31.6 Å². The lowest BCUT2D eigenvalue weighted by molar-refractivity contribution is -0.159. The van der Waals surface area contributed by atoms with Crippen LogP contribution >= 0.6 is 0 Å². The standard InChI is InChI=1S/C29H32N2O4/c32-28(30-24-12-14-26(15-13-24)35-25-10-5-2-6-11-25)21-31-18-17-29(16-7-19-34-29)27(20-31)33-22-23-8-3-1-4-9-23/h1-6,8-15,27H,7,16-22H2,(H,30,32). The molecule has 35 heavy (non-hydrogen) atoms. The van der Waals surface area contributed by atoms with Gasteiger partial charge in [-0.15, -0.1) is 0 Å². The van der Waals surface area contributed by atoms with E-state index in [-0.39, 0.29) is 17.6 Å². The number of anilines is 1. The van der Waals surface area contributed by atoms with Gasteiger partial charge in [0.15, 0.2) is 0 Å². The van der Waals surface area contributed by atoms with Gasteiger partial charge in [0.25, 0.3) is 0 Å². The lowest BCUT2D eigenvalue weighted by atomic mass is 9.85. The molecule has 6 nitrogen and oxygen atoms in total. The summed E-state index contributed by atoms with van der Waals surface area (Å²) in [4.78, 5) is 15.0. The van der Waals surface area contributed by atoms with Crippen molar-refractivity contribution in [3.63, 3.8) is 0 Å². The molecule has 6 heteroatoms. The maximum Gasteiger partial charge on any atom is 0.238 e. The van der Waals surface area contributed by atoms with Crippen molar-refractivity contribution in [2.24, 2.45) is 0 Å². The van der Waals surface area contributed by atoms with Crippen LogP contribution in [0, 0.1) is 0 Å². The molecule has 1 amide bonds. The summed E-state index contributed by atoms with van der Waals surface area (Å²) < 4.78 is 18.4. The minimum Gasteiger partial charge on any atom is -0.457 e. The summed E-state index contributed by atoms with van der Waals surface area (Å²) in [6, 6.07) is 27.3. The van der Waals surface area contributed by atoms with Crippen LogP contribution in [0.4, 0.5) is 5.69 Å². The zero-order valence-electron chi connectivity index (χ0n) is 19.9. The van der Waals surface area contributed by atoms with Gasteiger partial charge in [-0.3, -0.25) is 9.69 Å². The Labute approximate surface area is 206 Å². The third-order valence-electron chi connectivity index (χ3n) is 6.77. The number of carbonyl (C=O) groups is 1. The second-order valence-electron chi connectivity index (χ2n) is 9.27.